The van der Waals surface area contributed by atoms with Crippen LogP contribution >= 0.6 is 0 Å². The van der Waals surface area contributed by atoms with Crippen LogP contribution in [0.15, 0.2) is 29.4 Å². The Kier molecular flexibility index (Phi) is 4.81. The largest absolute Gasteiger partial charge is 0.368 e. The van der Waals surface area contributed by atoms with Crippen molar-refractivity contribution in [3.05, 3.63) is 24.4 Å². The van der Waals surface area contributed by atoms with Gasteiger partial charge in [0.25, 0.3) is 10.0 Å². The number of sulfonamides is 1. The summed E-state index contributed by atoms with van der Waals surface area (Å²) < 4.78 is 29.3. The third kappa shape index (κ3) is 3.52. The van der Waals surface area contributed by atoms with Crippen molar-refractivity contribution in [2.75, 3.05) is 39.0 Å². The summed E-state index contributed by atoms with van der Waals surface area (Å²) in [4.78, 5) is 6.25. The molecule has 0 unspecified atom stereocenters. The Morgan fingerprint density at radius 2 is 2.10 bits per heavy atom. The van der Waals surface area contributed by atoms with Gasteiger partial charge in [-0.3, -0.25) is 4.40 Å². The minimum atomic E-state index is -3.63. The van der Waals surface area contributed by atoms with Crippen LogP contribution in [0.25, 0.3) is 5.65 Å². The number of nitrogens with zero attached hydrogens (tertiary/aromatic N) is 3. The van der Waals surface area contributed by atoms with E-state index in [9.17, 15) is 8.42 Å². The first-order valence-corrected chi connectivity index (χ1v) is 8.29. The Hall–Kier alpha value is -1.64. The van der Waals surface area contributed by atoms with Crippen molar-refractivity contribution in [1.29, 1.82) is 0 Å². The molecule has 2 N–H and O–H groups in total. The van der Waals surface area contributed by atoms with Gasteiger partial charge in [-0.05, 0) is 33.2 Å². The molecule has 116 valence electrons. The third-order valence-electron chi connectivity index (χ3n) is 2.94. The summed E-state index contributed by atoms with van der Waals surface area (Å²) >= 11 is 0. The molecule has 0 aliphatic heterocycles. The molecule has 2 aromatic rings. The van der Waals surface area contributed by atoms with Crippen molar-refractivity contribution in [2.24, 2.45) is 0 Å². The summed E-state index contributed by atoms with van der Waals surface area (Å²) in [5.41, 5.74) is 0.599. The van der Waals surface area contributed by atoms with Crippen molar-refractivity contribution < 1.29 is 8.42 Å². The Morgan fingerprint density at radius 1 is 1.33 bits per heavy atom. The van der Waals surface area contributed by atoms with E-state index in [-0.39, 0.29) is 5.03 Å². The van der Waals surface area contributed by atoms with E-state index < -0.39 is 10.0 Å². The summed E-state index contributed by atoms with van der Waals surface area (Å²) in [6, 6.07) is 5.39. The van der Waals surface area contributed by atoms with E-state index in [0.29, 0.717) is 31.1 Å². The fraction of sp³-hybridized carbons (Fsp3) is 0.462. The maximum atomic E-state index is 12.6. The average Bonchev–Trinajstić information content (AvgIpc) is 2.77. The van der Waals surface area contributed by atoms with Gasteiger partial charge in [-0.25, -0.2) is 18.1 Å². The number of likely N-dealkylation sites (N-methyl/N-ethyl adjacent to an activating group) is 1. The van der Waals surface area contributed by atoms with E-state index >= 15 is 0 Å². The van der Waals surface area contributed by atoms with Gasteiger partial charge in [0, 0.05) is 25.8 Å². The van der Waals surface area contributed by atoms with Crippen LogP contribution in [0.2, 0.25) is 0 Å². The zero-order chi connectivity index (χ0) is 15.5. The van der Waals surface area contributed by atoms with Crippen LogP contribution < -0.4 is 10.0 Å². The Balaban J connectivity index is 2.40. The van der Waals surface area contributed by atoms with E-state index in [0.717, 1.165) is 0 Å². The molecule has 0 saturated carbocycles. The van der Waals surface area contributed by atoms with Crippen molar-refractivity contribution in [3.8, 4) is 0 Å². The van der Waals surface area contributed by atoms with Crippen LogP contribution in [0.5, 0.6) is 0 Å². The molecule has 2 heterocycles. The highest BCUT2D eigenvalue weighted by Gasteiger charge is 2.24. The molecule has 7 nitrogen and oxygen atoms in total. The molecule has 0 saturated heterocycles. The second-order valence-corrected chi connectivity index (χ2v) is 6.61. The van der Waals surface area contributed by atoms with E-state index in [1.165, 1.54) is 0 Å². The topological polar surface area (TPSA) is 78.7 Å². The first kappa shape index (κ1) is 15.7. The molecule has 2 aromatic heterocycles. The first-order chi connectivity index (χ1) is 9.95. The molecule has 0 aliphatic carbocycles. The van der Waals surface area contributed by atoms with E-state index in [1.807, 2.05) is 32.0 Å². The summed E-state index contributed by atoms with van der Waals surface area (Å²) in [6.07, 6.45) is 1.70. The molecule has 0 aromatic carbocycles. The smallest absolute Gasteiger partial charge is 0.260 e. The number of imidazole rings is 1. The number of aromatic nitrogens is 2. The van der Waals surface area contributed by atoms with Crippen molar-refractivity contribution in [2.45, 2.75) is 11.9 Å². The zero-order valence-electron chi connectivity index (χ0n) is 12.5. The van der Waals surface area contributed by atoms with Crippen molar-refractivity contribution in [3.63, 3.8) is 0 Å². The molecule has 8 heteroatoms. The van der Waals surface area contributed by atoms with Gasteiger partial charge in [-0.2, -0.15) is 0 Å². The summed E-state index contributed by atoms with van der Waals surface area (Å²) in [7, 11) is 0.160. The number of nitrogens with one attached hydrogen (secondary N) is 2. The van der Waals surface area contributed by atoms with Crippen LogP contribution in [0, 0.1) is 0 Å². The molecule has 21 heavy (non-hydrogen) atoms. The van der Waals surface area contributed by atoms with Crippen LogP contribution in [0.1, 0.15) is 6.92 Å². The molecule has 0 spiro atoms. The lowest BCUT2D eigenvalue weighted by molar-refractivity contribution is 0.412. The number of anilines is 1. The normalized spacial score (nSPS) is 12.2. The average molecular weight is 311 g/mol. The minimum Gasteiger partial charge on any atom is -0.368 e. The minimum absolute atomic E-state index is 0.152. The SMILES string of the molecule is CCNc1nc2ccccn2c1S(=O)(=O)NCCN(C)C. The van der Waals surface area contributed by atoms with Gasteiger partial charge in [0.1, 0.15) is 5.65 Å². The van der Waals surface area contributed by atoms with Gasteiger partial charge < -0.3 is 10.2 Å². The summed E-state index contributed by atoms with van der Waals surface area (Å²) in [5, 5.41) is 3.16. The highest BCUT2D eigenvalue weighted by Crippen LogP contribution is 2.22. The molecule has 0 atom stereocenters. The summed E-state index contributed by atoms with van der Waals surface area (Å²) in [6.45, 7) is 3.48. The first-order valence-electron chi connectivity index (χ1n) is 6.81. The monoisotopic (exact) mass is 311 g/mol. The zero-order valence-corrected chi connectivity index (χ0v) is 13.3. The predicted octanol–water partition coefficient (Wildman–Crippen LogP) is 0.606. The molecule has 0 fully saturated rings. The van der Waals surface area contributed by atoms with Crippen LogP contribution in [-0.4, -0.2) is 56.4 Å². The number of rotatable bonds is 7. The van der Waals surface area contributed by atoms with Gasteiger partial charge >= 0.3 is 0 Å². The summed E-state index contributed by atoms with van der Waals surface area (Å²) in [5.74, 6) is 0.376. The van der Waals surface area contributed by atoms with E-state index in [2.05, 4.69) is 15.0 Å². The lowest BCUT2D eigenvalue weighted by Crippen LogP contribution is -2.32. The van der Waals surface area contributed by atoms with Gasteiger partial charge in [0.05, 0.1) is 0 Å². The quantitative estimate of drug-likeness (QED) is 0.783. The molecule has 0 radical (unpaired) electrons. The Bertz CT molecular complexity index is 708. The second kappa shape index (κ2) is 6.42. The maximum Gasteiger partial charge on any atom is 0.260 e. The van der Waals surface area contributed by atoms with Crippen LogP contribution in [0.3, 0.4) is 0 Å². The van der Waals surface area contributed by atoms with Crippen LogP contribution in [-0.2, 0) is 10.0 Å². The van der Waals surface area contributed by atoms with Gasteiger partial charge in [-0.1, -0.05) is 6.07 Å². The lowest BCUT2D eigenvalue weighted by Gasteiger charge is -2.12. The highest BCUT2D eigenvalue weighted by molar-refractivity contribution is 7.89. The van der Waals surface area contributed by atoms with E-state index in [4.69, 9.17) is 0 Å². The standard InChI is InChI=1S/C13H21N5O2S/c1-4-14-12-13(18-9-6-5-7-11(18)16-12)21(19,20)15-8-10-17(2)3/h5-7,9,14-15H,4,8,10H2,1-3H3. The molecule has 0 aliphatic rings. The number of hydrogen-bond acceptors (Lipinski definition) is 5. The van der Waals surface area contributed by atoms with Gasteiger partial charge in [-0.15, -0.1) is 0 Å². The molecule has 0 bridgehead atoms. The third-order valence-corrected chi connectivity index (χ3v) is 4.42. The Labute approximate surface area is 125 Å². The Morgan fingerprint density at radius 3 is 2.76 bits per heavy atom. The number of hydrogen-bond donors (Lipinski definition) is 2. The fourth-order valence-corrected chi connectivity index (χ4v) is 3.27. The van der Waals surface area contributed by atoms with E-state index in [1.54, 1.807) is 22.7 Å². The number of fused-ring (bicyclic) bond motifs is 1. The maximum absolute atomic E-state index is 12.6. The molecular weight excluding hydrogens is 290 g/mol. The van der Waals surface area contributed by atoms with Gasteiger partial charge in [0.15, 0.2) is 10.8 Å². The fourth-order valence-electron chi connectivity index (χ4n) is 1.98. The molecular formula is C13H21N5O2S. The molecule has 2 rings (SSSR count). The highest BCUT2D eigenvalue weighted by atomic mass is 32.2. The second-order valence-electron chi connectivity index (χ2n) is 4.93. The van der Waals surface area contributed by atoms with Crippen molar-refractivity contribution >= 4 is 21.5 Å². The van der Waals surface area contributed by atoms with Crippen molar-refractivity contribution in [1.82, 2.24) is 19.0 Å². The van der Waals surface area contributed by atoms with Gasteiger partial charge in [0.2, 0.25) is 0 Å². The number of pyridine rings is 1. The van der Waals surface area contributed by atoms with Crippen LogP contribution in [0.4, 0.5) is 5.82 Å². The molecule has 0 amide bonds. The lowest BCUT2D eigenvalue weighted by atomic mass is 10.5. The predicted molar refractivity (Wildman–Crippen MR) is 83.1 cm³/mol.